The van der Waals surface area contributed by atoms with Gasteiger partial charge in [0.1, 0.15) is 17.0 Å². The number of anilines is 2. The van der Waals surface area contributed by atoms with Crippen molar-refractivity contribution < 1.29 is 13.6 Å². The Morgan fingerprint density at radius 3 is 2.84 bits per heavy atom. The number of benzene rings is 1. The first kappa shape index (κ1) is 15.6. The molecule has 3 aromatic rings. The molecule has 1 amide bonds. The summed E-state index contributed by atoms with van der Waals surface area (Å²) in [5.41, 5.74) is 2.88. The summed E-state index contributed by atoms with van der Waals surface area (Å²) in [6, 6.07) is 10.00. The van der Waals surface area contributed by atoms with Crippen LogP contribution in [0.25, 0.3) is 11.1 Å². The summed E-state index contributed by atoms with van der Waals surface area (Å²) < 4.78 is 19.9. The number of nitrogens with zero attached hydrogens (tertiary/aromatic N) is 2. The maximum atomic E-state index is 14.4. The van der Waals surface area contributed by atoms with Crippen LogP contribution in [-0.4, -0.2) is 24.0 Å². The van der Waals surface area contributed by atoms with E-state index in [1.165, 1.54) is 6.07 Å². The van der Waals surface area contributed by atoms with Crippen molar-refractivity contribution in [2.45, 2.75) is 19.8 Å². The number of halogens is 1. The molecule has 0 unspecified atom stereocenters. The lowest BCUT2D eigenvalue weighted by atomic mass is 10.2. The second kappa shape index (κ2) is 6.20. The first-order chi connectivity index (χ1) is 12.1. The highest BCUT2D eigenvalue weighted by molar-refractivity contribution is 6.06. The number of aromatic nitrogens is 1. The van der Waals surface area contributed by atoms with Gasteiger partial charge in [0.15, 0.2) is 11.3 Å². The summed E-state index contributed by atoms with van der Waals surface area (Å²) in [6.45, 7) is 3.59. The number of rotatable bonds is 3. The number of fused-ring (bicyclic) bond motifs is 1. The zero-order chi connectivity index (χ0) is 17.4. The van der Waals surface area contributed by atoms with Crippen LogP contribution in [0.4, 0.5) is 15.8 Å². The van der Waals surface area contributed by atoms with Gasteiger partial charge in [0.2, 0.25) is 0 Å². The largest absolute Gasteiger partial charge is 0.449 e. The number of pyridine rings is 1. The summed E-state index contributed by atoms with van der Waals surface area (Å²) in [4.78, 5) is 19.0. The van der Waals surface area contributed by atoms with E-state index in [2.05, 4.69) is 15.2 Å². The molecule has 0 radical (unpaired) electrons. The number of aryl methyl sites for hydroxylation is 1. The van der Waals surface area contributed by atoms with E-state index < -0.39 is 11.7 Å². The molecule has 0 atom stereocenters. The molecule has 0 saturated carbocycles. The highest BCUT2D eigenvalue weighted by Gasteiger charge is 2.21. The van der Waals surface area contributed by atoms with Crippen molar-refractivity contribution in [3.05, 3.63) is 53.7 Å². The highest BCUT2D eigenvalue weighted by atomic mass is 19.1. The third kappa shape index (κ3) is 2.95. The van der Waals surface area contributed by atoms with E-state index >= 15 is 0 Å². The minimum absolute atomic E-state index is 0.115. The van der Waals surface area contributed by atoms with Crippen LogP contribution in [-0.2, 0) is 0 Å². The minimum atomic E-state index is -0.485. The molecule has 1 fully saturated rings. The molecular weight excluding hydrogens is 321 g/mol. The number of carbonyl (C=O) groups is 1. The number of hydrogen-bond acceptors (Lipinski definition) is 4. The quantitative estimate of drug-likeness (QED) is 0.779. The van der Waals surface area contributed by atoms with E-state index in [0.29, 0.717) is 16.8 Å². The standard InChI is InChI=1S/C19H18FN3O2/c1-12-7-8-16-14(21-12)11-17(25-16)19(24)22-18-13(20)5-4-6-15(18)23-9-2-3-10-23/h4-8,11H,2-3,9-10H2,1H3,(H,22,24). The predicted molar refractivity (Wildman–Crippen MR) is 94.5 cm³/mol. The van der Waals surface area contributed by atoms with Crippen LogP contribution in [0.5, 0.6) is 0 Å². The van der Waals surface area contributed by atoms with E-state index in [4.69, 9.17) is 4.42 Å². The van der Waals surface area contributed by atoms with Gasteiger partial charge in [0.25, 0.3) is 5.91 Å². The van der Waals surface area contributed by atoms with E-state index in [1.807, 2.05) is 19.1 Å². The van der Waals surface area contributed by atoms with E-state index in [9.17, 15) is 9.18 Å². The number of amides is 1. The predicted octanol–water partition coefficient (Wildman–Crippen LogP) is 4.13. The van der Waals surface area contributed by atoms with Gasteiger partial charge in [-0.25, -0.2) is 9.37 Å². The van der Waals surface area contributed by atoms with Crippen molar-refractivity contribution >= 4 is 28.4 Å². The number of nitrogens with one attached hydrogen (secondary N) is 1. The Balaban J connectivity index is 1.65. The second-order valence-corrected chi connectivity index (χ2v) is 6.23. The molecule has 5 nitrogen and oxygen atoms in total. The van der Waals surface area contributed by atoms with E-state index in [1.54, 1.807) is 18.2 Å². The minimum Gasteiger partial charge on any atom is -0.449 e. The zero-order valence-corrected chi connectivity index (χ0v) is 13.9. The van der Waals surface area contributed by atoms with Gasteiger partial charge in [-0.1, -0.05) is 6.07 Å². The Bertz CT molecular complexity index is 945. The van der Waals surface area contributed by atoms with Crippen LogP contribution in [0, 0.1) is 12.7 Å². The van der Waals surface area contributed by atoms with Crippen LogP contribution >= 0.6 is 0 Å². The SMILES string of the molecule is Cc1ccc2oc(C(=O)Nc3c(F)cccc3N3CCCC3)cc2n1. The van der Waals surface area contributed by atoms with Gasteiger partial charge in [0.05, 0.1) is 5.69 Å². The van der Waals surface area contributed by atoms with Crippen molar-refractivity contribution in [1.29, 1.82) is 0 Å². The molecule has 1 saturated heterocycles. The summed E-state index contributed by atoms with van der Waals surface area (Å²) in [6.07, 6.45) is 2.14. The fourth-order valence-electron chi connectivity index (χ4n) is 3.17. The highest BCUT2D eigenvalue weighted by Crippen LogP contribution is 2.32. The van der Waals surface area contributed by atoms with Gasteiger partial charge < -0.3 is 14.6 Å². The van der Waals surface area contributed by atoms with Gasteiger partial charge in [-0.2, -0.15) is 0 Å². The summed E-state index contributed by atoms with van der Waals surface area (Å²) >= 11 is 0. The molecule has 0 aliphatic carbocycles. The molecule has 4 rings (SSSR count). The lowest BCUT2D eigenvalue weighted by Crippen LogP contribution is -2.21. The molecule has 25 heavy (non-hydrogen) atoms. The Morgan fingerprint density at radius 2 is 2.04 bits per heavy atom. The first-order valence-corrected chi connectivity index (χ1v) is 8.34. The molecule has 1 aliphatic rings. The third-order valence-corrected chi connectivity index (χ3v) is 4.41. The molecule has 1 aliphatic heterocycles. The molecule has 1 aromatic carbocycles. The molecule has 6 heteroatoms. The van der Waals surface area contributed by atoms with Gasteiger partial charge in [-0.15, -0.1) is 0 Å². The van der Waals surface area contributed by atoms with E-state index in [-0.39, 0.29) is 11.4 Å². The van der Waals surface area contributed by atoms with Crippen molar-refractivity contribution in [2.75, 3.05) is 23.3 Å². The van der Waals surface area contributed by atoms with Gasteiger partial charge in [-0.3, -0.25) is 4.79 Å². The monoisotopic (exact) mass is 339 g/mol. The lowest BCUT2D eigenvalue weighted by molar-refractivity contribution is 0.0998. The maximum absolute atomic E-state index is 14.4. The van der Waals surface area contributed by atoms with Gasteiger partial charge in [-0.05, 0) is 44.0 Å². The maximum Gasteiger partial charge on any atom is 0.291 e. The Hall–Kier alpha value is -2.89. The van der Waals surface area contributed by atoms with Crippen LogP contribution in [0.1, 0.15) is 29.1 Å². The average molecular weight is 339 g/mol. The zero-order valence-electron chi connectivity index (χ0n) is 13.9. The molecule has 1 N–H and O–H groups in total. The average Bonchev–Trinajstić information content (AvgIpc) is 3.25. The Labute approximate surface area is 144 Å². The summed E-state index contributed by atoms with van der Waals surface area (Å²) in [5, 5.41) is 2.67. The number of carbonyl (C=O) groups excluding carboxylic acids is 1. The molecule has 128 valence electrons. The molecular formula is C19H18FN3O2. The van der Waals surface area contributed by atoms with Crippen LogP contribution in [0.2, 0.25) is 0 Å². The van der Waals surface area contributed by atoms with Gasteiger partial charge in [0, 0.05) is 24.8 Å². The lowest BCUT2D eigenvalue weighted by Gasteiger charge is -2.21. The number of furan rings is 1. The van der Waals surface area contributed by atoms with E-state index in [0.717, 1.165) is 31.6 Å². The van der Waals surface area contributed by atoms with Crippen molar-refractivity contribution in [3.63, 3.8) is 0 Å². The fraction of sp³-hybridized carbons (Fsp3) is 0.263. The van der Waals surface area contributed by atoms with Crippen molar-refractivity contribution in [2.24, 2.45) is 0 Å². The molecule has 0 spiro atoms. The van der Waals surface area contributed by atoms with Crippen LogP contribution in [0.15, 0.2) is 40.8 Å². The second-order valence-electron chi connectivity index (χ2n) is 6.23. The molecule has 3 heterocycles. The number of hydrogen-bond donors (Lipinski definition) is 1. The smallest absolute Gasteiger partial charge is 0.291 e. The molecule has 0 bridgehead atoms. The summed E-state index contributed by atoms with van der Waals surface area (Å²) in [7, 11) is 0. The normalized spacial score (nSPS) is 14.2. The Kier molecular flexibility index (Phi) is 3.87. The van der Waals surface area contributed by atoms with Crippen molar-refractivity contribution in [1.82, 2.24) is 4.98 Å². The molecule has 2 aromatic heterocycles. The first-order valence-electron chi connectivity index (χ1n) is 8.34. The third-order valence-electron chi connectivity index (χ3n) is 4.41. The van der Waals surface area contributed by atoms with Crippen LogP contribution in [0.3, 0.4) is 0 Å². The fourth-order valence-corrected chi connectivity index (χ4v) is 3.17. The van der Waals surface area contributed by atoms with Gasteiger partial charge >= 0.3 is 0 Å². The number of para-hydroxylation sites is 1. The van der Waals surface area contributed by atoms with Crippen molar-refractivity contribution in [3.8, 4) is 0 Å². The summed E-state index contributed by atoms with van der Waals surface area (Å²) in [5.74, 6) is -0.826. The Morgan fingerprint density at radius 1 is 1.24 bits per heavy atom. The topological polar surface area (TPSA) is 58.4 Å². The van der Waals surface area contributed by atoms with Crippen LogP contribution < -0.4 is 10.2 Å².